The van der Waals surface area contributed by atoms with Crippen molar-refractivity contribution in [3.05, 3.63) is 29.6 Å². The molecule has 6 heteroatoms. The predicted molar refractivity (Wildman–Crippen MR) is 84.8 cm³/mol. The van der Waals surface area contributed by atoms with Crippen LogP contribution in [0, 0.1) is 17.7 Å². The first-order valence-electron chi connectivity index (χ1n) is 7.88. The monoisotopic (exact) mass is 322 g/mol. The van der Waals surface area contributed by atoms with Gasteiger partial charge in [0.1, 0.15) is 0 Å². The first kappa shape index (κ1) is 17.2. The minimum Gasteiger partial charge on any atom is -0.494 e. The fraction of sp³-hybridized carbons (Fsp3) is 0.529. The molecular formula is C17H23FN2O3. The van der Waals surface area contributed by atoms with E-state index in [1.54, 1.807) is 7.05 Å². The Kier molecular flexibility index (Phi) is 5.96. The zero-order valence-electron chi connectivity index (χ0n) is 13.5. The second kappa shape index (κ2) is 7.94. The third kappa shape index (κ3) is 4.43. The summed E-state index contributed by atoms with van der Waals surface area (Å²) in [5.74, 6) is -0.0987. The summed E-state index contributed by atoms with van der Waals surface area (Å²) in [4.78, 5) is 23.7. The summed E-state index contributed by atoms with van der Waals surface area (Å²) < 4.78 is 18.2. The van der Waals surface area contributed by atoms with Gasteiger partial charge in [-0.15, -0.1) is 0 Å². The van der Waals surface area contributed by atoms with Crippen LogP contribution < -0.4 is 15.4 Å². The summed E-state index contributed by atoms with van der Waals surface area (Å²) in [6.07, 6.45) is 3.55. The molecule has 2 amide bonds. The quantitative estimate of drug-likeness (QED) is 0.872. The average Bonchev–Trinajstić information content (AvgIpc) is 2.59. The maximum Gasteiger partial charge on any atom is 0.251 e. The number of carbonyl (C=O) groups excluding carboxylic acids is 2. The number of hydrogen-bond acceptors (Lipinski definition) is 3. The third-order valence-corrected chi connectivity index (χ3v) is 4.43. The molecule has 1 saturated carbocycles. The van der Waals surface area contributed by atoms with E-state index in [4.69, 9.17) is 4.74 Å². The first-order chi connectivity index (χ1) is 11.0. The lowest BCUT2D eigenvalue weighted by molar-refractivity contribution is -0.125. The van der Waals surface area contributed by atoms with Crippen LogP contribution in [0.25, 0.3) is 0 Å². The van der Waals surface area contributed by atoms with Crippen molar-refractivity contribution in [3.8, 4) is 5.75 Å². The highest BCUT2D eigenvalue weighted by Crippen LogP contribution is 2.28. The number of amides is 2. The van der Waals surface area contributed by atoms with Crippen molar-refractivity contribution < 1.29 is 18.7 Å². The Morgan fingerprint density at radius 2 is 1.96 bits per heavy atom. The van der Waals surface area contributed by atoms with Gasteiger partial charge in [0.05, 0.1) is 7.11 Å². The minimum absolute atomic E-state index is 0.0590. The molecular weight excluding hydrogens is 299 g/mol. The molecule has 0 saturated heterocycles. The first-order valence-corrected chi connectivity index (χ1v) is 7.88. The molecule has 126 valence electrons. The highest BCUT2D eigenvalue weighted by molar-refractivity contribution is 5.94. The van der Waals surface area contributed by atoms with E-state index >= 15 is 0 Å². The number of nitrogens with one attached hydrogen (secondary N) is 2. The van der Waals surface area contributed by atoms with Crippen LogP contribution >= 0.6 is 0 Å². The van der Waals surface area contributed by atoms with E-state index in [2.05, 4.69) is 10.6 Å². The number of ether oxygens (including phenoxy) is 1. The SMILES string of the molecule is CNC(=O)C1CCC(CNC(=O)c2ccc(F)c(OC)c2)CC1. The predicted octanol–water partition coefficient (Wildman–Crippen LogP) is 2.12. The Bertz CT molecular complexity index is 569. The summed E-state index contributed by atoms with van der Waals surface area (Å²) in [6.45, 7) is 0.568. The fourth-order valence-corrected chi connectivity index (χ4v) is 2.97. The number of hydrogen-bond donors (Lipinski definition) is 2. The van der Waals surface area contributed by atoms with Crippen LogP contribution in [0.15, 0.2) is 18.2 Å². The molecule has 0 radical (unpaired) electrons. The molecule has 1 fully saturated rings. The van der Waals surface area contributed by atoms with Gasteiger partial charge in [0.15, 0.2) is 11.6 Å². The number of carbonyl (C=O) groups is 2. The molecule has 0 aliphatic heterocycles. The maximum atomic E-state index is 13.4. The molecule has 0 spiro atoms. The number of rotatable bonds is 5. The molecule has 1 aromatic carbocycles. The van der Waals surface area contributed by atoms with Crippen LogP contribution in [-0.2, 0) is 4.79 Å². The van der Waals surface area contributed by atoms with E-state index in [1.165, 1.54) is 25.3 Å². The largest absolute Gasteiger partial charge is 0.494 e. The van der Waals surface area contributed by atoms with Crippen molar-refractivity contribution in [2.24, 2.45) is 11.8 Å². The highest BCUT2D eigenvalue weighted by atomic mass is 19.1. The van der Waals surface area contributed by atoms with E-state index < -0.39 is 5.82 Å². The molecule has 0 heterocycles. The zero-order chi connectivity index (χ0) is 16.8. The van der Waals surface area contributed by atoms with Crippen LogP contribution in [0.5, 0.6) is 5.75 Å². The van der Waals surface area contributed by atoms with Gasteiger partial charge in [-0.3, -0.25) is 9.59 Å². The van der Waals surface area contributed by atoms with Gasteiger partial charge in [0.25, 0.3) is 5.91 Å². The normalized spacial score (nSPS) is 20.7. The highest BCUT2D eigenvalue weighted by Gasteiger charge is 2.25. The molecule has 2 N–H and O–H groups in total. The van der Waals surface area contributed by atoms with E-state index in [0.29, 0.717) is 18.0 Å². The number of benzene rings is 1. The standard InChI is InChI=1S/C17H23FN2O3/c1-19-16(21)12-5-3-11(4-6-12)10-20-17(22)13-7-8-14(18)15(9-13)23-2/h7-9,11-12H,3-6,10H2,1-2H3,(H,19,21)(H,20,22). The summed E-state index contributed by atoms with van der Waals surface area (Å²) in [6, 6.07) is 4.06. The van der Waals surface area contributed by atoms with Gasteiger partial charge in [-0.05, 0) is 49.8 Å². The Labute approximate surface area is 135 Å². The summed E-state index contributed by atoms with van der Waals surface area (Å²) in [7, 11) is 3.02. The smallest absolute Gasteiger partial charge is 0.251 e. The van der Waals surface area contributed by atoms with Crippen molar-refractivity contribution in [1.82, 2.24) is 10.6 Å². The molecule has 1 aliphatic carbocycles. The van der Waals surface area contributed by atoms with Gasteiger partial charge in [-0.1, -0.05) is 0 Å². The van der Waals surface area contributed by atoms with E-state index in [0.717, 1.165) is 25.7 Å². The summed E-state index contributed by atoms with van der Waals surface area (Å²) >= 11 is 0. The van der Waals surface area contributed by atoms with E-state index in [1.807, 2.05) is 0 Å². The summed E-state index contributed by atoms with van der Waals surface area (Å²) in [5, 5.41) is 5.57. The van der Waals surface area contributed by atoms with Gasteiger partial charge < -0.3 is 15.4 Å². The van der Waals surface area contributed by atoms with Gasteiger partial charge >= 0.3 is 0 Å². The molecule has 0 aromatic heterocycles. The maximum absolute atomic E-state index is 13.4. The van der Waals surface area contributed by atoms with Gasteiger partial charge in [-0.2, -0.15) is 0 Å². The van der Waals surface area contributed by atoms with Crippen LogP contribution in [0.3, 0.4) is 0 Å². The molecule has 2 rings (SSSR count). The van der Waals surface area contributed by atoms with Crippen LogP contribution in [-0.4, -0.2) is 32.5 Å². The minimum atomic E-state index is -0.489. The molecule has 1 aromatic rings. The topological polar surface area (TPSA) is 67.4 Å². The molecule has 0 unspecified atom stereocenters. The zero-order valence-corrected chi connectivity index (χ0v) is 13.5. The Morgan fingerprint density at radius 1 is 1.26 bits per heavy atom. The summed E-state index contributed by atoms with van der Waals surface area (Å²) in [5.41, 5.74) is 0.377. The lowest BCUT2D eigenvalue weighted by Gasteiger charge is -2.27. The Morgan fingerprint density at radius 3 is 2.57 bits per heavy atom. The van der Waals surface area contributed by atoms with Crippen LogP contribution in [0.2, 0.25) is 0 Å². The molecule has 0 atom stereocenters. The average molecular weight is 322 g/mol. The van der Waals surface area contributed by atoms with E-state index in [9.17, 15) is 14.0 Å². The van der Waals surface area contributed by atoms with Crippen LogP contribution in [0.1, 0.15) is 36.0 Å². The van der Waals surface area contributed by atoms with Crippen molar-refractivity contribution in [1.29, 1.82) is 0 Å². The third-order valence-electron chi connectivity index (χ3n) is 4.43. The van der Waals surface area contributed by atoms with Crippen molar-refractivity contribution in [2.45, 2.75) is 25.7 Å². The molecule has 1 aliphatic rings. The molecule has 23 heavy (non-hydrogen) atoms. The molecule has 5 nitrogen and oxygen atoms in total. The van der Waals surface area contributed by atoms with Gasteiger partial charge in [-0.25, -0.2) is 4.39 Å². The number of halogens is 1. The van der Waals surface area contributed by atoms with Crippen molar-refractivity contribution >= 4 is 11.8 Å². The van der Waals surface area contributed by atoms with Crippen molar-refractivity contribution in [3.63, 3.8) is 0 Å². The molecule has 0 bridgehead atoms. The Hall–Kier alpha value is -2.11. The second-order valence-electron chi connectivity index (χ2n) is 5.89. The lowest BCUT2D eigenvalue weighted by Crippen LogP contribution is -2.34. The lowest BCUT2D eigenvalue weighted by atomic mass is 9.81. The van der Waals surface area contributed by atoms with Gasteiger partial charge in [0.2, 0.25) is 5.91 Å². The van der Waals surface area contributed by atoms with E-state index in [-0.39, 0.29) is 23.5 Å². The second-order valence-corrected chi connectivity index (χ2v) is 5.89. The Balaban J connectivity index is 1.82. The fourth-order valence-electron chi connectivity index (χ4n) is 2.97. The van der Waals surface area contributed by atoms with Crippen LogP contribution in [0.4, 0.5) is 4.39 Å². The van der Waals surface area contributed by atoms with Gasteiger partial charge in [0, 0.05) is 25.1 Å². The number of methoxy groups -OCH3 is 1. The van der Waals surface area contributed by atoms with Crippen molar-refractivity contribution in [2.75, 3.05) is 20.7 Å².